The van der Waals surface area contributed by atoms with Gasteiger partial charge in [-0.3, -0.25) is 9.11 Å². The average molecular weight is 287 g/mol. The van der Waals surface area contributed by atoms with Crippen molar-refractivity contribution in [2.75, 3.05) is 0 Å². The van der Waals surface area contributed by atoms with E-state index in [4.69, 9.17) is 17.5 Å². The van der Waals surface area contributed by atoms with Gasteiger partial charge in [0.15, 0.2) is 0 Å². The van der Waals surface area contributed by atoms with Crippen molar-refractivity contribution in [3.8, 4) is 0 Å². The van der Waals surface area contributed by atoms with Crippen LogP contribution in [0.1, 0.15) is 2.85 Å². The van der Waals surface area contributed by atoms with Gasteiger partial charge >= 0.3 is 33.5 Å². The molecule has 20 N–H and O–H groups in total. The van der Waals surface area contributed by atoms with Gasteiger partial charge in [0.2, 0.25) is 0 Å². The zero-order valence-electron chi connectivity index (χ0n) is 9.33. The second-order valence-electron chi connectivity index (χ2n) is 0.448. The predicted octanol–water partition coefficient (Wildman–Crippen LogP) is -8.23. The second kappa shape index (κ2) is 63.9. The average Bonchev–Trinajstić information content (AvgIpc) is 0.722. The maximum absolute atomic E-state index is 8.74. The molecule has 0 amide bonds. The van der Waals surface area contributed by atoms with Crippen LogP contribution < -0.4 is 0 Å². The molecular weight excluding hydrogens is 264 g/mol. The topological polar surface area (TPSA) is 358 Å². The quantitative estimate of drug-likeness (QED) is 0.323. The summed E-state index contributed by atoms with van der Waals surface area (Å²) in [6.45, 7) is 0. The summed E-state index contributed by atoms with van der Waals surface area (Å²) in [5.41, 5.74) is 0. The Balaban J connectivity index is -0.00000000121. The first-order chi connectivity index (χ1) is 2.00. The third-order valence-electron chi connectivity index (χ3n) is 0. The molecule has 15 heteroatoms. The Morgan fingerprint density at radius 2 is 0.600 bits per heavy atom. The monoisotopic (exact) mass is 286 g/mol. The van der Waals surface area contributed by atoms with E-state index in [1.165, 1.54) is 0 Å². The van der Waals surface area contributed by atoms with Crippen LogP contribution in [0.4, 0.5) is 0 Å². The molecule has 0 spiro atoms. The fourth-order valence-corrected chi connectivity index (χ4v) is 0. The van der Waals surface area contributed by atoms with Crippen molar-refractivity contribution in [2.24, 2.45) is 0 Å². The molecule has 0 aliphatic carbocycles. The van der Waals surface area contributed by atoms with E-state index < -0.39 is 10.4 Å². The van der Waals surface area contributed by atoms with Gasteiger partial charge in [0, 0.05) is 0 Å². The van der Waals surface area contributed by atoms with Crippen molar-refractivity contribution in [3.63, 3.8) is 0 Å². The Labute approximate surface area is 104 Å². The summed E-state index contributed by atoms with van der Waals surface area (Å²) in [5.74, 6) is 0. The van der Waals surface area contributed by atoms with Crippen LogP contribution in [0.3, 0.4) is 0 Å². The first kappa shape index (κ1) is 170. The Kier molecular flexibility index (Phi) is 725. The van der Waals surface area contributed by atoms with Gasteiger partial charge in [0.05, 0.1) is 0 Å². The number of rotatable bonds is 0. The van der Waals surface area contributed by atoms with Crippen molar-refractivity contribution in [3.05, 3.63) is 0 Å². The molecule has 0 bridgehead atoms. The molecule has 15 heavy (non-hydrogen) atoms. The third-order valence-corrected chi connectivity index (χ3v) is 0. The van der Waals surface area contributed by atoms with Crippen LogP contribution in [0.15, 0.2) is 0 Å². The largest absolute Gasteiger partial charge is 2.00 e. The van der Waals surface area contributed by atoms with Crippen LogP contribution in [0.5, 0.6) is 0 Å². The number of hydrogen-bond acceptors (Lipinski definition) is 2. The van der Waals surface area contributed by atoms with E-state index in [1.807, 2.05) is 0 Å². The van der Waals surface area contributed by atoms with Crippen LogP contribution >= 0.6 is 0 Å². The summed E-state index contributed by atoms with van der Waals surface area (Å²) in [4.78, 5) is 0. The maximum Gasteiger partial charge on any atom is 2.00 e. The van der Waals surface area contributed by atoms with Crippen molar-refractivity contribution in [1.29, 1.82) is 0 Å². The molecule has 108 valence electrons. The van der Waals surface area contributed by atoms with E-state index in [9.17, 15) is 0 Å². The molecule has 0 fully saturated rings. The standard InChI is InChI=1S/Mg.H2O4S.9H2O.2H/c;1-5(2,3)4;;;;;;;;;;;/h;(H2,1,2,3,4);9*1H2;;/q+2;;;;;;;;;;;2*-1. The predicted molar refractivity (Wildman–Crippen MR) is 54.7 cm³/mol. The van der Waals surface area contributed by atoms with Crippen molar-refractivity contribution in [1.82, 2.24) is 0 Å². The molecule has 0 radical (unpaired) electrons. The van der Waals surface area contributed by atoms with Gasteiger partial charge in [0.1, 0.15) is 0 Å². The molecule has 0 saturated heterocycles. The zero-order chi connectivity index (χ0) is 4.50. The van der Waals surface area contributed by atoms with Gasteiger partial charge < -0.3 is 52.1 Å². The molecule has 0 atom stereocenters. The fourth-order valence-electron chi connectivity index (χ4n) is 0. The SMILES string of the molecule is O.O.O.O.O.O.O.O.O.O=S(=O)(O)O.[H-].[H-].[Mg+2]. The smallest absolute Gasteiger partial charge is 1.00 e. The van der Waals surface area contributed by atoms with Gasteiger partial charge in [-0.25, -0.2) is 0 Å². The minimum atomic E-state index is -4.67. The summed E-state index contributed by atoms with van der Waals surface area (Å²) in [5, 5.41) is 0. The van der Waals surface area contributed by atoms with E-state index in [1.54, 1.807) is 0 Å². The van der Waals surface area contributed by atoms with Gasteiger partial charge in [0.25, 0.3) is 0 Å². The molecule has 0 aliphatic heterocycles. The van der Waals surface area contributed by atoms with Gasteiger partial charge in [-0.1, -0.05) is 0 Å². The molecule has 0 heterocycles. The Morgan fingerprint density at radius 1 is 0.600 bits per heavy atom. The maximum atomic E-state index is 8.74. The molecule has 0 rings (SSSR count). The van der Waals surface area contributed by atoms with E-state index >= 15 is 0 Å². The van der Waals surface area contributed by atoms with E-state index in [2.05, 4.69) is 0 Å². The Hall–Kier alpha value is 0.276. The minimum Gasteiger partial charge on any atom is -1.00 e. The first-order valence-electron chi connectivity index (χ1n) is 0.698. The Morgan fingerprint density at radius 3 is 0.600 bits per heavy atom. The van der Waals surface area contributed by atoms with Gasteiger partial charge in [-0.05, 0) is 0 Å². The Bertz CT molecular complexity index is 103. The van der Waals surface area contributed by atoms with Gasteiger partial charge in [-0.2, -0.15) is 8.42 Å². The van der Waals surface area contributed by atoms with Gasteiger partial charge in [-0.15, -0.1) is 0 Å². The summed E-state index contributed by atoms with van der Waals surface area (Å²) >= 11 is 0. The van der Waals surface area contributed by atoms with Crippen LogP contribution in [0.2, 0.25) is 0 Å². The van der Waals surface area contributed by atoms with E-state index in [-0.39, 0.29) is 75.2 Å². The fraction of sp³-hybridized carbons (Fsp3) is 0. The summed E-state index contributed by atoms with van der Waals surface area (Å²) in [6, 6.07) is 0. The summed E-state index contributed by atoms with van der Waals surface area (Å²) < 4.78 is 31.6. The molecule has 0 aliphatic rings. The molecule has 0 saturated carbocycles. The van der Waals surface area contributed by atoms with E-state index in [0.717, 1.165) is 0 Å². The molecule has 0 aromatic heterocycles. The van der Waals surface area contributed by atoms with Crippen LogP contribution in [0, 0.1) is 0 Å². The summed E-state index contributed by atoms with van der Waals surface area (Å²) in [6.07, 6.45) is 0. The summed E-state index contributed by atoms with van der Waals surface area (Å²) in [7, 11) is -4.67. The number of hydrogen-bond donors (Lipinski definition) is 2. The van der Waals surface area contributed by atoms with E-state index in [0.29, 0.717) is 0 Å². The third kappa shape index (κ3) is 28200. The van der Waals surface area contributed by atoms with Crippen molar-refractivity contribution in [2.45, 2.75) is 0 Å². The minimum absolute atomic E-state index is 0. The molecule has 0 unspecified atom stereocenters. The van der Waals surface area contributed by atoms with Crippen LogP contribution in [-0.2, 0) is 10.4 Å². The molecule has 0 aromatic carbocycles. The van der Waals surface area contributed by atoms with Crippen molar-refractivity contribution < 1.29 is 69.7 Å². The zero-order valence-corrected chi connectivity index (χ0v) is 9.56. The molecular formula is H22MgO13S. The van der Waals surface area contributed by atoms with Crippen LogP contribution in [0.25, 0.3) is 0 Å². The van der Waals surface area contributed by atoms with Crippen LogP contribution in [-0.4, -0.2) is 89.9 Å². The van der Waals surface area contributed by atoms with Crippen molar-refractivity contribution >= 4 is 33.5 Å². The normalized spacial score (nSPS) is 3.87. The molecule has 13 nitrogen and oxygen atoms in total. The second-order valence-corrected chi connectivity index (χ2v) is 1.34. The molecule has 0 aromatic rings. The first-order valence-corrected chi connectivity index (χ1v) is 2.10.